The number of benzene rings is 1. The topological polar surface area (TPSA) is 62.1 Å². The Morgan fingerprint density at radius 1 is 1.61 bits per heavy atom. The Labute approximate surface area is 105 Å². The number of carbonyl (C=O) groups excluding carboxylic acids is 1. The van der Waals surface area contributed by atoms with Crippen LogP contribution in [0.1, 0.15) is 19.4 Å². The highest BCUT2D eigenvalue weighted by Crippen LogP contribution is 2.18. The van der Waals surface area contributed by atoms with Gasteiger partial charge < -0.3 is 10.1 Å². The first-order valence-electron chi connectivity index (χ1n) is 5.69. The molecule has 1 atom stereocenters. The van der Waals surface area contributed by atoms with Gasteiger partial charge in [0.05, 0.1) is 18.2 Å². The zero-order valence-electron chi connectivity index (χ0n) is 10.4. The summed E-state index contributed by atoms with van der Waals surface area (Å²) >= 11 is 0. The minimum atomic E-state index is -0.578. The maximum atomic E-state index is 13.3. The Morgan fingerprint density at radius 3 is 2.94 bits per heavy atom. The fourth-order valence-corrected chi connectivity index (χ4v) is 1.42. The van der Waals surface area contributed by atoms with E-state index in [1.165, 1.54) is 12.1 Å². The summed E-state index contributed by atoms with van der Waals surface area (Å²) in [5.41, 5.74) is 0.335. The maximum absolute atomic E-state index is 13.3. The van der Waals surface area contributed by atoms with Crippen LogP contribution < -0.4 is 5.32 Å². The van der Waals surface area contributed by atoms with E-state index < -0.39 is 5.82 Å². The van der Waals surface area contributed by atoms with Crippen LogP contribution in [0.5, 0.6) is 0 Å². The van der Waals surface area contributed by atoms with Gasteiger partial charge in [-0.05, 0) is 19.1 Å². The number of esters is 1. The molecule has 0 aromatic heterocycles. The van der Waals surface area contributed by atoms with E-state index >= 15 is 0 Å². The van der Waals surface area contributed by atoms with Gasteiger partial charge in [0.15, 0.2) is 0 Å². The SMILES string of the molecule is CCOC(=O)C(C)CNc1cccc(F)c1C#N. The zero-order chi connectivity index (χ0) is 13.5. The second-order valence-corrected chi connectivity index (χ2v) is 3.81. The van der Waals surface area contributed by atoms with Crippen molar-refractivity contribution >= 4 is 11.7 Å². The minimum Gasteiger partial charge on any atom is -0.466 e. The smallest absolute Gasteiger partial charge is 0.310 e. The Kier molecular flexibility index (Phi) is 5.12. The van der Waals surface area contributed by atoms with Gasteiger partial charge in [0, 0.05) is 6.54 Å². The van der Waals surface area contributed by atoms with Crippen LogP contribution >= 0.6 is 0 Å². The van der Waals surface area contributed by atoms with Gasteiger partial charge in [-0.1, -0.05) is 13.0 Å². The van der Waals surface area contributed by atoms with Gasteiger partial charge in [0.2, 0.25) is 0 Å². The number of anilines is 1. The van der Waals surface area contributed by atoms with Crippen molar-refractivity contribution in [2.75, 3.05) is 18.5 Å². The molecule has 0 bridgehead atoms. The number of ether oxygens (including phenoxy) is 1. The highest BCUT2D eigenvalue weighted by Gasteiger charge is 2.15. The third kappa shape index (κ3) is 3.45. The molecule has 0 spiro atoms. The molecule has 0 aliphatic carbocycles. The van der Waals surface area contributed by atoms with E-state index in [1.807, 2.05) is 0 Å². The summed E-state index contributed by atoms with van der Waals surface area (Å²) in [6.45, 7) is 4.05. The average Bonchev–Trinajstić information content (AvgIpc) is 2.36. The van der Waals surface area contributed by atoms with Crippen molar-refractivity contribution in [2.45, 2.75) is 13.8 Å². The normalized spacial score (nSPS) is 11.4. The highest BCUT2D eigenvalue weighted by atomic mass is 19.1. The number of carbonyl (C=O) groups is 1. The molecule has 5 heteroatoms. The van der Waals surface area contributed by atoms with Crippen LogP contribution in [0, 0.1) is 23.1 Å². The number of halogens is 1. The predicted octanol–water partition coefficient (Wildman–Crippen LogP) is 2.31. The maximum Gasteiger partial charge on any atom is 0.310 e. The van der Waals surface area contributed by atoms with Crippen molar-refractivity contribution in [1.29, 1.82) is 5.26 Å². The first-order chi connectivity index (χ1) is 8.60. The molecule has 1 aromatic rings. The van der Waals surface area contributed by atoms with Crippen molar-refractivity contribution in [3.05, 3.63) is 29.6 Å². The van der Waals surface area contributed by atoms with Gasteiger partial charge >= 0.3 is 5.97 Å². The van der Waals surface area contributed by atoms with Gasteiger partial charge in [-0.15, -0.1) is 0 Å². The first kappa shape index (κ1) is 14.0. The second kappa shape index (κ2) is 6.60. The first-order valence-corrected chi connectivity index (χ1v) is 5.69. The Hall–Kier alpha value is -2.09. The third-order valence-electron chi connectivity index (χ3n) is 2.41. The summed E-state index contributed by atoms with van der Waals surface area (Å²) in [4.78, 5) is 11.4. The lowest BCUT2D eigenvalue weighted by Crippen LogP contribution is -2.22. The van der Waals surface area contributed by atoms with Gasteiger partial charge in [0.1, 0.15) is 17.4 Å². The van der Waals surface area contributed by atoms with Gasteiger partial charge in [-0.25, -0.2) is 4.39 Å². The van der Waals surface area contributed by atoms with E-state index in [0.717, 1.165) is 0 Å². The molecule has 0 radical (unpaired) electrons. The van der Waals surface area contributed by atoms with Crippen molar-refractivity contribution < 1.29 is 13.9 Å². The monoisotopic (exact) mass is 250 g/mol. The van der Waals surface area contributed by atoms with Gasteiger partial charge in [-0.3, -0.25) is 4.79 Å². The molecule has 0 saturated carbocycles. The molecule has 96 valence electrons. The number of nitrogens with one attached hydrogen (secondary N) is 1. The summed E-state index contributed by atoms with van der Waals surface area (Å²) in [6, 6.07) is 6.11. The van der Waals surface area contributed by atoms with E-state index in [-0.39, 0.29) is 24.0 Å². The third-order valence-corrected chi connectivity index (χ3v) is 2.41. The van der Waals surface area contributed by atoms with Crippen LogP contribution in [0.2, 0.25) is 0 Å². The number of hydrogen-bond donors (Lipinski definition) is 1. The van der Waals surface area contributed by atoms with Crippen molar-refractivity contribution in [3.63, 3.8) is 0 Å². The van der Waals surface area contributed by atoms with Crippen LogP contribution in [-0.2, 0) is 9.53 Å². The molecule has 0 heterocycles. The molecular formula is C13H15FN2O2. The fraction of sp³-hybridized carbons (Fsp3) is 0.385. The Balaban J connectivity index is 2.67. The Morgan fingerprint density at radius 2 is 2.33 bits per heavy atom. The van der Waals surface area contributed by atoms with Crippen molar-refractivity contribution in [3.8, 4) is 6.07 Å². The summed E-state index contributed by atoms with van der Waals surface area (Å²) in [5.74, 6) is -1.26. The lowest BCUT2D eigenvalue weighted by atomic mass is 10.1. The summed E-state index contributed by atoms with van der Waals surface area (Å²) in [7, 11) is 0. The molecule has 1 rings (SSSR count). The molecule has 1 aromatic carbocycles. The minimum absolute atomic E-state index is 0.0476. The van der Waals surface area contributed by atoms with Crippen molar-refractivity contribution in [2.24, 2.45) is 5.92 Å². The van der Waals surface area contributed by atoms with Crippen LogP contribution in [0.25, 0.3) is 0 Å². The van der Waals surface area contributed by atoms with Crippen LogP contribution in [-0.4, -0.2) is 19.1 Å². The number of hydrogen-bond acceptors (Lipinski definition) is 4. The number of nitriles is 1. The average molecular weight is 250 g/mol. The van der Waals surface area contributed by atoms with Gasteiger partial charge in [-0.2, -0.15) is 5.26 Å². The molecule has 4 nitrogen and oxygen atoms in total. The molecule has 0 aliphatic heterocycles. The molecule has 0 amide bonds. The lowest BCUT2D eigenvalue weighted by Gasteiger charge is -2.13. The molecular weight excluding hydrogens is 235 g/mol. The van der Waals surface area contributed by atoms with Crippen molar-refractivity contribution in [1.82, 2.24) is 0 Å². The molecule has 0 fully saturated rings. The van der Waals surface area contributed by atoms with E-state index in [1.54, 1.807) is 26.0 Å². The summed E-state index contributed by atoms with van der Waals surface area (Å²) < 4.78 is 18.2. The highest BCUT2D eigenvalue weighted by molar-refractivity contribution is 5.73. The van der Waals surface area contributed by atoms with E-state index in [0.29, 0.717) is 12.3 Å². The van der Waals surface area contributed by atoms with E-state index in [4.69, 9.17) is 10.00 Å². The molecule has 18 heavy (non-hydrogen) atoms. The molecule has 1 N–H and O–H groups in total. The number of nitrogens with zero attached hydrogens (tertiary/aromatic N) is 1. The largest absolute Gasteiger partial charge is 0.466 e. The van der Waals surface area contributed by atoms with E-state index in [2.05, 4.69) is 5.32 Å². The van der Waals surface area contributed by atoms with Crippen LogP contribution in [0.15, 0.2) is 18.2 Å². The second-order valence-electron chi connectivity index (χ2n) is 3.81. The zero-order valence-corrected chi connectivity index (χ0v) is 10.4. The quantitative estimate of drug-likeness (QED) is 0.814. The summed E-state index contributed by atoms with van der Waals surface area (Å²) in [5, 5.41) is 11.7. The lowest BCUT2D eigenvalue weighted by molar-refractivity contribution is -0.146. The predicted molar refractivity (Wildman–Crippen MR) is 65.4 cm³/mol. The standard InChI is InChI=1S/C13H15FN2O2/c1-3-18-13(17)9(2)8-16-12-6-4-5-11(14)10(12)7-15/h4-6,9,16H,3,8H2,1-2H3. The molecule has 0 aliphatic rings. The van der Waals surface area contributed by atoms with Crippen LogP contribution in [0.3, 0.4) is 0 Å². The Bertz CT molecular complexity index is 469. The molecule has 0 saturated heterocycles. The summed E-state index contributed by atoms with van der Waals surface area (Å²) in [6.07, 6.45) is 0. The van der Waals surface area contributed by atoms with Crippen LogP contribution in [0.4, 0.5) is 10.1 Å². The number of rotatable bonds is 5. The fourth-order valence-electron chi connectivity index (χ4n) is 1.42. The molecule has 1 unspecified atom stereocenters. The van der Waals surface area contributed by atoms with E-state index in [9.17, 15) is 9.18 Å². The van der Waals surface area contributed by atoms with Gasteiger partial charge in [0.25, 0.3) is 0 Å².